The van der Waals surface area contributed by atoms with E-state index in [2.05, 4.69) is 16.0 Å². The molecule has 1 aliphatic rings. The molecule has 1 fully saturated rings. The van der Waals surface area contributed by atoms with Crippen LogP contribution in [0.25, 0.3) is 22.6 Å². The van der Waals surface area contributed by atoms with Crippen molar-refractivity contribution < 1.29 is 13.2 Å². The van der Waals surface area contributed by atoms with Gasteiger partial charge in [-0.3, -0.25) is 14.3 Å². The normalized spacial score (nSPS) is 14.7. The topological polar surface area (TPSA) is 76.5 Å². The van der Waals surface area contributed by atoms with Gasteiger partial charge in [0.05, 0.1) is 17.0 Å². The minimum absolute atomic E-state index is 0.00703. The summed E-state index contributed by atoms with van der Waals surface area (Å²) in [5, 5.41) is 9.46. The number of aryl methyl sites for hydroxylation is 1. The maximum Gasteiger partial charge on any atom is 0.431 e. The fourth-order valence-electron chi connectivity index (χ4n) is 3.71. The smallest absolute Gasteiger partial charge is 0.321 e. The second-order valence-electron chi connectivity index (χ2n) is 8.40. The highest BCUT2D eigenvalue weighted by atomic mass is 32.2. The van der Waals surface area contributed by atoms with E-state index in [0.29, 0.717) is 24.4 Å². The summed E-state index contributed by atoms with van der Waals surface area (Å²) < 4.78 is 43.5. The summed E-state index contributed by atoms with van der Waals surface area (Å²) in [5.74, 6) is 1.04. The number of thioether (sulfide) groups is 1. The summed E-state index contributed by atoms with van der Waals surface area (Å²) in [5.41, 5.74) is -1.09. The minimum atomic E-state index is -4.65. The lowest BCUT2D eigenvalue weighted by atomic mass is 9.87. The van der Waals surface area contributed by atoms with E-state index in [-0.39, 0.29) is 11.0 Å². The third-order valence-corrected chi connectivity index (χ3v) is 6.56. The van der Waals surface area contributed by atoms with Gasteiger partial charge in [0.1, 0.15) is 16.9 Å². The van der Waals surface area contributed by atoms with E-state index in [4.69, 9.17) is 0 Å². The van der Waals surface area contributed by atoms with Crippen LogP contribution in [0.5, 0.6) is 0 Å². The highest BCUT2D eigenvalue weighted by Crippen LogP contribution is 2.40. The van der Waals surface area contributed by atoms with Gasteiger partial charge < -0.3 is 4.57 Å². The summed E-state index contributed by atoms with van der Waals surface area (Å²) in [6, 6.07) is 4.64. The minimum Gasteiger partial charge on any atom is -0.321 e. The first kappa shape index (κ1) is 22.4. The Kier molecular flexibility index (Phi) is 5.36. The number of nitrogens with zero attached hydrogens (tertiary/aromatic N) is 5. The van der Waals surface area contributed by atoms with Crippen molar-refractivity contribution in [2.75, 3.05) is 5.75 Å². The molecule has 0 spiro atoms. The standard InChI is InChI=1S/C22H22F3N5OS/c1-5-32-15-8-12(21(2,3)11-26)10-27-17(15)19-28-14-9-16(22(23,24)25)30(13-6-7-13)20(31)18(14)29(19)4/h8-10,13H,5-7H2,1-4H3. The lowest BCUT2D eigenvalue weighted by molar-refractivity contribution is -0.144. The number of hydrogen-bond donors (Lipinski definition) is 0. The van der Waals surface area contributed by atoms with E-state index < -0.39 is 28.9 Å². The highest BCUT2D eigenvalue weighted by Gasteiger charge is 2.40. The quantitative estimate of drug-likeness (QED) is 0.496. The summed E-state index contributed by atoms with van der Waals surface area (Å²) in [6.45, 7) is 5.55. The van der Waals surface area contributed by atoms with Crippen LogP contribution in [-0.2, 0) is 18.6 Å². The van der Waals surface area contributed by atoms with Crippen LogP contribution in [0.3, 0.4) is 0 Å². The van der Waals surface area contributed by atoms with Gasteiger partial charge in [-0.25, -0.2) is 4.98 Å². The molecule has 10 heteroatoms. The van der Waals surface area contributed by atoms with Crippen molar-refractivity contribution in [1.82, 2.24) is 19.1 Å². The predicted molar refractivity (Wildman–Crippen MR) is 117 cm³/mol. The van der Waals surface area contributed by atoms with Crippen LogP contribution in [0.4, 0.5) is 13.2 Å². The maximum absolute atomic E-state index is 13.7. The molecule has 3 aromatic heterocycles. The SMILES string of the molecule is CCSc1cc(C(C)(C)C#N)cnc1-c1nc2cc(C(F)(F)F)n(C3CC3)c(=O)c2n1C. The number of rotatable bonds is 5. The van der Waals surface area contributed by atoms with Crippen LogP contribution >= 0.6 is 11.8 Å². The monoisotopic (exact) mass is 461 g/mol. The summed E-state index contributed by atoms with van der Waals surface area (Å²) >= 11 is 1.50. The molecule has 32 heavy (non-hydrogen) atoms. The number of nitriles is 1. The molecule has 168 valence electrons. The van der Waals surface area contributed by atoms with Crippen molar-refractivity contribution in [3.05, 3.63) is 39.9 Å². The zero-order chi connectivity index (χ0) is 23.4. The van der Waals surface area contributed by atoms with Gasteiger partial charge in [0.25, 0.3) is 5.56 Å². The molecule has 6 nitrogen and oxygen atoms in total. The zero-order valence-corrected chi connectivity index (χ0v) is 18.9. The zero-order valence-electron chi connectivity index (χ0n) is 18.1. The van der Waals surface area contributed by atoms with Gasteiger partial charge in [-0.05, 0) is 50.1 Å². The highest BCUT2D eigenvalue weighted by molar-refractivity contribution is 7.99. The Morgan fingerprint density at radius 1 is 1.28 bits per heavy atom. The predicted octanol–water partition coefficient (Wildman–Crippen LogP) is 5.06. The van der Waals surface area contributed by atoms with Crippen LogP contribution in [0.2, 0.25) is 0 Å². The van der Waals surface area contributed by atoms with Crippen molar-refractivity contribution in [2.24, 2.45) is 7.05 Å². The van der Waals surface area contributed by atoms with Crippen LogP contribution in [-0.4, -0.2) is 24.9 Å². The maximum atomic E-state index is 13.7. The van der Waals surface area contributed by atoms with E-state index in [0.717, 1.165) is 26.8 Å². The number of alkyl halides is 3. The Hall–Kier alpha value is -2.80. The summed E-state index contributed by atoms with van der Waals surface area (Å²) in [4.78, 5) is 22.8. The molecule has 3 heterocycles. The van der Waals surface area contributed by atoms with Gasteiger partial charge in [0.15, 0.2) is 5.82 Å². The molecule has 0 unspecified atom stereocenters. The average Bonchev–Trinajstić information content (AvgIpc) is 3.50. The van der Waals surface area contributed by atoms with Crippen LogP contribution in [0.1, 0.15) is 50.9 Å². The molecule has 1 aliphatic carbocycles. The first-order chi connectivity index (χ1) is 15.0. The Balaban J connectivity index is 1.97. The summed E-state index contributed by atoms with van der Waals surface area (Å²) in [6.07, 6.45) is -1.97. The van der Waals surface area contributed by atoms with Gasteiger partial charge in [-0.2, -0.15) is 18.4 Å². The van der Waals surface area contributed by atoms with E-state index in [1.165, 1.54) is 16.3 Å². The average molecular weight is 462 g/mol. The molecule has 0 radical (unpaired) electrons. The number of aromatic nitrogens is 4. The lowest BCUT2D eigenvalue weighted by Crippen LogP contribution is -2.28. The number of pyridine rings is 2. The number of halogens is 3. The van der Waals surface area contributed by atoms with Gasteiger partial charge in [0, 0.05) is 24.2 Å². The number of hydrogen-bond acceptors (Lipinski definition) is 5. The molecule has 0 aromatic carbocycles. The van der Waals surface area contributed by atoms with E-state index in [9.17, 15) is 23.2 Å². The number of fused-ring (bicyclic) bond motifs is 1. The fraction of sp³-hybridized carbons (Fsp3) is 0.455. The molecular weight excluding hydrogens is 439 g/mol. The molecule has 3 aromatic rings. The summed E-state index contributed by atoms with van der Waals surface area (Å²) in [7, 11) is 1.62. The van der Waals surface area contributed by atoms with Gasteiger partial charge in [0.2, 0.25) is 0 Å². The van der Waals surface area contributed by atoms with E-state index >= 15 is 0 Å². The van der Waals surface area contributed by atoms with Gasteiger partial charge in [-0.1, -0.05) is 6.92 Å². The number of imidazole rings is 1. The molecule has 0 saturated heterocycles. The van der Waals surface area contributed by atoms with E-state index in [1.807, 2.05) is 13.0 Å². The molecule has 1 saturated carbocycles. The second-order valence-corrected chi connectivity index (χ2v) is 9.71. The van der Waals surface area contributed by atoms with Crippen LogP contribution in [0.15, 0.2) is 28.0 Å². The van der Waals surface area contributed by atoms with Crippen LogP contribution < -0.4 is 5.56 Å². The Morgan fingerprint density at radius 2 is 1.97 bits per heavy atom. The van der Waals surface area contributed by atoms with Gasteiger partial charge >= 0.3 is 6.18 Å². The molecule has 0 amide bonds. The molecular formula is C22H22F3N5OS. The Morgan fingerprint density at radius 3 is 2.53 bits per heavy atom. The van der Waals surface area contributed by atoms with Crippen molar-refractivity contribution in [3.63, 3.8) is 0 Å². The first-order valence-corrected chi connectivity index (χ1v) is 11.2. The molecule has 0 aliphatic heterocycles. The molecule has 0 N–H and O–H groups in total. The second kappa shape index (κ2) is 7.66. The van der Waals surface area contributed by atoms with Crippen molar-refractivity contribution in [1.29, 1.82) is 5.26 Å². The molecule has 0 atom stereocenters. The van der Waals surface area contributed by atoms with E-state index in [1.54, 1.807) is 27.1 Å². The molecule has 4 rings (SSSR count). The fourth-order valence-corrected chi connectivity index (χ4v) is 4.51. The third kappa shape index (κ3) is 3.68. The molecule has 0 bridgehead atoms. The lowest BCUT2D eigenvalue weighted by Gasteiger charge is -2.17. The first-order valence-electron chi connectivity index (χ1n) is 10.2. The Bertz CT molecular complexity index is 1310. The van der Waals surface area contributed by atoms with Crippen LogP contribution in [0, 0.1) is 11.3 Å². The Labute approximate surface area is 187 Å². The van der Waals surface area contributed by atoms with Crippen molar-refractivity contribution in [3.8, 4) is 17.6 Å². The van der Waals surface area contributed by atoms with Crippen molar-refractivity contribution in [2.45, 2.75) is 56.1 Å². The van der Waals surface area contributed by atoms with Gasteiger partial charge in [-0.15, -0.1) is 11.8 Å². The third-order valence-electron chi connectivity index (χ3n) is 5.64. The van der Waals surface area contributed by atoms with Crippen molar-refractivity contribution >= 4 is 22.8 Å². The largest absolute Gasteiger partial charge is 0.431 e.